The number of hydrogen-bond acceptors (Lipinski definition) is 10. The largest absolute Gasteiger partial charge is 0.498 e. The Labute approximate surface area is 460 Å². The lowest BCUT2D eigenvalue weighted by Gasteiger charge is -2.36. The molecule has 2 fully saturated rings. The van der Waals surface area contributed by atoms with E-state index in [1.165, 1.54) is 5.56 Å². The van der Waals surface area contributed by atoms with E-state index in [2.05, 4.69) is 176 Å². The van der Waals surface area contributed by atoms with Gasteiger partial charge in [0.15, 0.2) is 5.65 Å². The first-order valence-electron chi connectivity index (χ1n) is 26.2. The quantitative estimate of drug-likeness (QED) is 0.0567. The third-order valence-electron chi connectivity index (χ3n) is 15.0. The molecule has 5 aromatic carbocycles. The normalized spacial score (nSPS) is 18.5. The average molecular weight is 1130 g/mol. The van der Waals surface area contributed by atoms with Gasteiger partial charge in [0.1, 0.15) is 34.3 Å². The molecule has 2 aliphatic rings. The molecule has 0 radical (unpaired) electrons. The summed E-state index contributed by atoms with van der Waals surface area (Å²) in [6.45, 7) is 14.8. The summed E-state index contributed by atoms with van der Waals surface area (Å²) in [6, 6.07) is 51.8. The number of anilines is 1. The van der Waals surface area contributed by atoms with E-state index in [0.29, 0.717) is 29.9 Å². The van der Waals surface area contributed by atoms with Crippen molar-refractivity contribution in [2.45, 2.75) is 109 Å². The van der Waals surface area contributed by atoms with E-state index >= 15 is 0 Å². The van der Waals surface area contributed by atoms with Crippen molar-refractivity contribution >= 4 is 61.8 Å². The molecule has 3 atom stereocenters. The zero-order chi connectivity index (χ0) is 53.2. The Morgan fingerprint density at radius 1 is 0.816 bits per heavy atom. The van der Waals surface area contributed by atoms with Crippen LogP contribution >= 0.6 is 22.6 Å². The van der Waals surface area contributed by atoms with Crippen molar-refractivity contribution in [1.82, 2.24) is 34.7 Å². The fraction of sp³-hybridized carbons (Fsp3) is 0.328. The van der Waals surface area contributed by atoms with Crippen molar-refractivity contribution in [1.29, 1.82) is 0 Å². The maximum absolute atomic E-state index is 14.6. The molecule has 76 heavy (non-hydrogen) atoms. The van der Waals surface area contributed by atoms with Crippen LogP contribution in [0.15, 0.2) is 170 Å². The molecule has 1 N–H and O–H groups in total. The van der Waals surface area contributed by atoms with Gasteiger partial charge in [0.2, 0.25) is 0 Å². The number of aromatic nitrogens is 6. The van der Waals surface area contributed by atoms with Crippen LogP contribution in [0.25, 0.3) is 14.7 Å². The Morgan fingerprint density at radius 2 is 1.41 bits per heavy atom. The summed E-state index contributed by atoms with van der Waals surface area (Å²) < 4.78 is 30.6. The molecular weight excluding hydrogens is 1060 g/mol. The van der Waals surface area contributed by atoms with Gasteiger partial charge in [0.25, 0.3) is 0 Å². The summed E-state index contributed by atoms with van der Waals surface area (Å²) in [5.41, 5.74) is 5.70. The summed E-state index contributed by atoms with van der Waals surface area (Å²) in [4.78, 5) is 21.7. The molecule has 1 amide bonds. The second-order valence-electron chi connectivity index (χ2n) is 21.9. The number of halogens is 1. The zero-order valence-corrected chi connectivity index (χ0v) is 46.7. The number of amides is 1. The molecule has 1 aliphatic heterocycles. The first kappa shape index (κ1) is 52.6. The second kappa shape index (κ2) is 21.7. The van der Waals surface area contributed by atoms with Crippen molar-refractivity contribution < 1.29 is 23.6 Å². The van der Waals surface area contributed by atoms with Crippen LogP contribution < -0.4 is 15.5 Å². The monoisotopic (exact) mass is 1130 g/mol. The summed E-state index contributed by atoms with van der Waals surface area (Å²) in [6.07, 6.45) is 7.45. The van der Waals surface area contributed by atoms with Crippen molar-refractivity contribution in [2.75, 3.05) is 18.9 Å². The van der Waals surface area contributed by atoms with Gasteiger partial charge >= 0.3 is 13.2 Å². The van der Waals surface area contributed by atoms with Gasteiger partial charge in [-0.3, -0.25) is 4.68 Å². The molecule has 10 rings (SSSR count). The lowest BCUT2D eigenvalue weighted by atomic mass is 9.77. The van der Waals surface area contributed by atoms with E-state index in [4.69, 9.17) is 34.1 Å². The third kappa shape index (κ3) is 10.9. The predicted octanol–water partition coefficient (Wildman–Crippen LogP) is 11.7. The van der Waals surface area contributed by atoms with Crippen LogP contribution in [0.5, 0.6) is 5.75 Å². The van der Waals surface area contributed by atoms with E-state index in [9.17, 15) is 4.79 Å². The molecule has 4 heterocycles. The van der Waals surface area contributed by atoms with E-state index in [1.807, 2.05) is 96.9 Å². The fourth-order valence-electron chi connectivity index (χ4n) is 10.6. The summed E-state index contributed by atoms with van der Waals surface area (Å²) in [5.74, 6) is 1.52. The number of hydrogen-bond donors (Lipinski definition) is 1. The Bertz CT molecular complexity index is 3200. The number of pyridine rings is 1. The summed E-state index contributed by atoms with van der Waals surface area (Å²) in [5, 5.41) is 17.9. The molecule has 0 spiro atoms. The number of carbonyl (C=O) groups excluding carboxylic acids is 1. The standard InChI is InChI=1S/C61H66BIN8O5/c1-58(2,3)74-57(72)70(33-32-52(63)51-38-54(64-8)66-56-55(51)67-68-71(56)61(45-25-15-10-16-26-45,46-27-17-11-18-28-46)47-29-19-12-20-30-47)49-36-44(34-42-22-13-9-14-23-42)53(37-49)73-50-31-21-24-43(35-50)40-69-41-48(39-65-69)62-75-59(4,5)60(6,7)76-62/h9-32,35,38-39,41,44,49,53H,33-34,36-37,40H2,1-8H3,(H,64,66)/b52-32-/t44?,49-,53+/m0/s1. The van der Waals surface area contributed by atoms with E-state index < -0.39 is 29.5 Å². The molecule has 13 nitrogen and oxygen atoms in total. The number of nitrogens with zero attached hydrogens (tertiary/aromatic N) is 7. The smallest absolute Gasteiger partial charge is 0.490 e. The highest BCUT2D eigenvalue weighted by Crippen LogP contribution is 2.44. The Balaban J connectivity index is 0.962. The van der Waals surface area contributed by atoms with Gasteiger partial charge in [-0.2, -0.15) is 5.10 Å². The molecule has 15 heteroatoms. The highest BCUT2D eigenvalue weighted by Gasteiger charge is 2.52. The van der Waals surface area contributed by atoms with Crippen LogP contribution in [0.3, 0.4) is 0 Å². The first-order valence-corrected chi connectivity index (χ1v) is 27.2. The average Bonchev–Trinajstić information content (AvgIpc) is 4.26. The molecule has 1 unspecified atom stereocenters. The van der Waals surface area contributed by atoms with Crippen LogP contribution in [0.4, 0.5) is 10.6 Å². The van der Waals surface area contributed by atoms with Crippen LogP contribution in [0.2, 0.25) is 0 Å². The summed E-state index contributed by atoms with van der Waals surface area (Å²) >= 11 is 2.37. The van der Waals surface area contributed by atoms with E-state index in [0.717, 1.165) is 55.5 Å². The van der Waals surface area contributed by atoms with E-state index in [1.54, 1.807) is 0 Å². The maximum atomic E-state index is 14.6. The summed E-state index contributed by atoms with van der Waals surface area (Å²) in [7, 11) is 1.38. The van der Waals surface area contributed by atoms with E-state index in [-0.39, 0.29) is 30.7 Å². The van der Waals surface area contributed by atoms with Crippen molar-refractivity contribution in [3.63, 3.8) is 0 Å². The van der Waals surface area contributed by atoms with Gasteiger partial charge in [-0.15, -0.1) is 5.10 Å². The lowest BCUT2D eigenvalue weighted by Crippen LogP contribution is -2.43. The van der Waals surface area contributed by atoms with Gasteiger partial charge < -0.3 is 29.0 Å². The number of rotatable bonds is 16. The Hall–Kier alpha value is -6.82. The third-order valence-corrected chi connectivity index (χ3v) is 16.0. The molecule has 1 aliphatic carbocycles. The molecule has 1 saturated carbocycles. The highest BCUT2D eigenvalue weighted by atomic mass is 127. The number of benzene rings is 5. The van der Waals surface area contributed by atoms with Gasteiger partial charge in [-0.25, -0.2) is 14.5 Å². The molecule has 8 aromatic rings. The minimum atomic E-state index is -0.934. The molecule has 1 saturated heterocycles. The topological polar surface area (TPSA) is 131 Å². The maximum Gasteiger partial charge on any atom is 0.498 e. The van der Waals surface area contributed by atoms with Gasteiger partial charge in [-0.1, -0.05) is 145 Å². The van der Waals surface area contributed by atoms with Crippen molar-refractivity contribution in [2.24, 2.45) is 5.92 Å². The molecule has 390 valence electrons. The first-order chi connectivity index (χ1) is 36.5. The molecular formula is C61H66BIN8O5. The van der Waals surface area contributed by atoms with Crippen molar-refractivity contribution in [3.8, 4) is 5.75 Å². The minimum absolute atomic E-state index is 0.102. The van der Waals surface area contributed by atoms with Crippen LogP contribution in [0, 0.1) is 5.92 Å². The van der Waals surface area contributed by atoms with Crippen LogP contribution in [0.1, 0.15) is 94.7 Å². The predicted molar refractivity (Wildman–Crippen MR) is 309 cm³/mol. The number of ether oxygens (including phenoxy) is 2. The van der Waals surface area contributed by atoms with Gasteiger partial charge in [-0.05, 0) is 130 Å². The number of nitrogens with one attached hydrogen (secondary N) is 1. The molecule has 3 aromatic heterocycles. The SMILES string of the molecule is CNc1cc(/C(I)=C/CN(C(=O)OC(C)(C)C)[C@H]2CC(Cc3ccccc3)[C@H](Oc3cccc(Cn4cc(B5OC(C)(C)C(C)(C)O5)cn4)c3)C2)c2nnn(C(c3ccccc3)(c3ccccc3)c3ccccc3)c2n1. The van der Waals surface area contributed by atoms with Gasteiger partial charge in [0, 0.05) is 59.0 Å². The molecule has 0 bridgehead atoms. The van der Waals surface area contributed by atoms with Crippen LogP contribution in [-0.4, -0.2) is 90.4 Å². The van der Waals surface area contributed by atoms with Crippen LogP contribution in [-0.2, 0) is 32.6 Å². The number of carbonyl (C=O) groups is 1. The van der Waals surface area contributed by atoms with Crippen molar-refractivity contribution in [3.05, 3.63) is 204 Å². The fourth-order valence-corrected chi connectivity index (χ4v) is 11.2. The van der Waals surface area contributed by atoms with Gasteiger partial charge in [0.05, 0.1) is 17.7 Å². The zero-order valence-electron chi connectivity index (χ0n) is 44.6. The Morgan fingerprint density at radius 3 is 2.00 bits per heavy atom. The number of fused-ring (bicyclic) bond motifs is 1. The minimum Gasteiger partial charge on any atom is -0.490 e. The Kier molecular flexibility index (Phi) is 15.0. The lowest BCUT2D eigenvalue weighted by molar-refractivity contribution is 0.00578. The highest BCUT2D eigenvalue weighted by molar-refractivity contribution is 14.1. The second-order valence-corrected chi connectivity index (χ2v) is 23.1.